The monoisotopic (exact) mass is 299 g/mol. The van der Waals surface area contributed by atoms with Crippen molar-refractivity contribution in [2.24, 2.45) is 11.8 Å². The highest BCUT2D eigenvalue weighted by molar-refractivity contribution is 5.16. The molecule has 1 N–H and O–H groups in total. The van der Waals surface area contributed by atoms with E-state index < -0.39 is 12.1 Å². The SMILES string of the molecule is CCNC(Cc1ccccc1)C1CCCC(C(F)(F)F)C1. The van der Waals surface area contributed by atoms with Gasteiger partial charge < -0.3 is 5.32 Å². The Bertz CT molecular complexity index is 416. The maximum atomic E-state index is 13.0. The van der Waals surface area contributed by atoms with E-state index in [4.69, 9.17) is 0 Å². The Morgan fingerprint density at radius 1 is 1.19 bits per heavy atom. The summed E-state index contributed by atoms with van der Waals surface area (Å²) in [5.41, 5.74) is 1.19. The number of alkyl halides is 3. The molecule has 0 bridgehead atoms. The molecule has 1 aromatic carbocycles. The van der Waals surface area contributed by atoms with Crippen LogP contribution in [0.2, 0.25) is 0 Å². The molecular weight excluding hydrogens is 275 g/mol. The first kappa shape index (κ1) is 16.3. The summed E-state index contributed by atoms with van der Waals surface area (Å²) in [5.74, 6) is -1.00. The van der Waals surface area contributed by atoms with Crippen LogP contribution in [0, 0.1) is 11.8 Å². The summed E-state index contributed by atoms with van der Waals surface area (Å²) in [6, 6.07) is 10.2. The van der Waals surface area contributed by atoms with Crippen molar-refractivity contribution in [1.82, 2.24) is 5.32 Å². The summed E-state index contributed by atoms with van der Waals surface area (Å²) in [6.45, 7) is 2.81. The molecule has 118 valence electrons. The first-order valence-corrected chi connectivity index (χ1v) is 7.84. The molecular formula is C17H24F3N. The lowest BCUT2D eigenvalue weighted by molar-refractivity contribution is -0.186. The maximum absolute atomic E-state index is 13.0. The molecule has 1 aliphatic carbocycles. The molecule has 1 aromatic rings. The lowest BCUT2D eigenvalue weighted by Gasteiger charge is -2.36. The van der Waals surface area contributed by atoms with Crippen LogP contribution < -0.4 is 5.32 Å². The van der Waals surface area contributed by atoms with Crippen molar-refractivity contribution in [3.8, 4) is 0 Å². The Morgan fingerprint density at radius 3 is 2.52 bits per heavy atom. The first-order chi connectivity index (χ1) is 10.0. The first-order valence-electron chi connectivity index (χ1n) is 7.84. The number of hydrogen-bond donors (Lipinski definition) is 1. The highest BCUT2D eigenvalue weighted by Crippen LogP contribution is 2.41. The van der Waals surface area contributed by atoms with Crippen LogP contribution in [0.15, 0.2) is 30.3 Å². The minimum Gasteiger partial charge on any atom is -0.314 e. The van der Waals surface area contributed by atoms with Crippen molar-refractivity contribution in [2.45, 2.75) is 51.2 Å². The second-order valence-electron chi connectivity index (χ2n) is 6.02. The van der Waals surface area contributed by atoms with Crippen molar-refractivity contribution in [2.75, 3.05) is 6.54 Å². The van der Waals surface area contributed by atoms with Gasteiger partial charge in [0.25, 0.3) is 0 Å². The van der Waals surface area contributed by atoms with Crippen LogP contribution in [0.4, 0.5) is 13.2 Å². The number of benzene rings is 1. The maximum Gasteiger partial charge on any atom is 0.391 e. The van der Waals surface area contributed by atoms with Crippen molar-refractivity contribution >= 4 is 0 Å². The topological polar surface area (TPSA) is 12.0 Å². The van der Waals surface area contributed by atoms with Crippen molar-refractivity contribution in [3.05, 3.63) is 35.9 Å². The van der Waals surface area contributed by atoms with Crippen molar-refractivity contribution in [1.29, 1.82) is 0 Å². The standard InChI is InChI=1S/C17H24F3N/c1-2-21-16(11-13-7-4-3-5-8-13)14-9-6-10-15(12-14)17(18,19)20/h3-5,7-8,14-16,21H,2,6,9-12H2,1H3. The van der Waals surface area contributed by atoms with Crippen LogP contribution in [0.5, 0.6) is 0 Å². The molecule has 1 nitrogen and oxygen atoms in total. The summed E-state index contributed by atoms with van der Waals surface area (Å²) < 4.78 is 38.9. The average Bonchev–Trinajstić information content (AvgIpc) is 2.47. The number of nitrogens with one attached hydrogen (secondary N) is 1. The van der Waals surface area contributed by atoms with Crippen LogP contribution in [0.25, 0.3) is 0 Å². The van der Waals surface area contributed by atoms with Gasteiger partial charge in [-0.25, -0.2) is 0 Å². The van der Waals surface area contributed by atoms with Crippen molar-refractivity contribution in [3.63, 3.8) is 0 Å². The zero-order valence-corrected chi connectivity index (χ0v) is 12.5. The molecule has 21 heavy (non-hydrogen) atoms. The van der Waals surface area contributed by atoms with Crippen LogP contribution in [-0.2, 0) is 6.42 Å². The lowest BCUT2D eigenvalue weighted by Crippen LogP contribution is -2.42. The molecule has 0 heterocycles. The number of rotatable bonds is 5. The molecule has 0 aromatic heterocycles. The van der Waals surface area contributed by atoms with Gasteiger partial charge in [0.15, 0.2) is 0 Å². The second kappa shape index (κ2) is 7.30. The van der Waals surface area contributed by atoms with Gasteiger partial charge in [0.05, 0.1) is 5.92 Å². The Kier molecular flexibility index (Phi) is 5.68. The van der Waals surface area contributed by atoms with E-state index in [2.05, 4.69) is 17.4 Å². The molecule has 0 radical (unpaired) electrons. The van der Waals surface area contributed by atoms with Gasteiger partial charge in [0.1, 0.15) is 0 Å². The Labute approximate surface area is 124 Å². The lowest BCUT2D eigenvalue weighted by atomic mass is 9.76. The highest BCUT2D eigenvalue weighted by Gasteiger charge is 2.43. The van der Waals surface area contributed by atoms with Gasteiger partial charge in [-0.15, -0.1) is 0 Å². The molecule has 0 aliphatic heterocycles. The van der Waals surface area contributed by atoms with Crippen LogP contribution in [0.3, 0.4) is 0 Å². The van der Waals surface area contributed by atoms with E-state index >= 15 is 0 Å². The van der Waals surface area contributed by atoms with E-state index in [0.29, 0.717) is 12.8 Å². The van der Waals surface area contributed by atoms with E-state index in [1.807, 2.05) is 25.1 Å². The molecule has 2 rings (SSSR count). The van der Waals surface area contributed by atoms with E-state index in [-0.39, 0.29) is 18.4 Å². The predicted molar refractivity (Wildman–Crippen MR) is 79.1 cm³/mol. The molecule has 0 spiro atoms. The summed E-state index contributed by atoms with van der Waals surface area (Å²) in [7, 11) is 0. The molecule has 3 unspecified atom stereocenters. The fourth-order valence-electron chi connectivity index (χ4n) is 3.43. The molecule has 1 aliphatic rings. The van der Waals surface area contributed by atoms with Gasteiger partial charge >= 0.3 is 6.18 Å². The molecule has 0 amide bonds. The van der Waals surface area contributed by atoms with Gasteiger partial charge in [0.2, 0.25) is 0 Å². The van der Waals surface area contributed by atoms with E-state index in [1.165, 1.54) is 5.56 Å². The largest absolute Gasteiger partial charge is 0.391 e. The Hall–Kier alpha value is -1.03. The summed E-state index contributed by atoms with van der Waals surface area (Å²) in [6.07, 6.45) is -1.08. The van der Waals surface area contributed by atoms with Gasteiger partial charge in [-0.05, 0) is 43.7 Å². The number of likely N-dealkylation sites (N-methyl/N-ethyl adjacent to an activating group) is 1. The minimum absolute atomic E-state index is 0.116. The number of halogens is 3. The quantitative estimate of drug-likeness (QED) is 0.839. The van der Waals surface area contributed by atoms with Gasteiger partial charge in [-0.2, -0.15) is 13.2 Å². The normalized spacial score (nSPS) is 24.8. The second-order valence-corrected chi connectivity index (χ2v) is 6.02. The van der Waals surface area contributed by atoms with E-state index in [1.54, 1.807) is 0 Å². The zero-order valence-electron chi connectivity index (χ0n) is 12.5. The van der Waals surface area contributed by atoms with E-state index in [0.717, 1.165) is 19.4 Å². The average molecular weight is 299 g/mol. The number of hydrogen-bond acceptors (Lipinski definition) is 1. The summed E-state index contributed by atoms with van der Waals surface area (Å²) >= 11 is 0. The van der Waals surface area contributed by atoms with Gasteiger partial charge in [0, 0.05) is 6.04 Å². The minimum atomic E-state index is -4.04. The van der Waals surface area contributed by atoms with Crippen LogP contribution in [0.1, 0.15) is 38.2 Å². The Balaban J connectivity index is 2.03. The highest BCUT2D eigenvalue weighted by atomic mass is 19.4. The molecule has 0 saturated heterocycles. The smallest absolute Gasteiger partial charge is 0.314 e. The predicted octanol–water partition coefficient (Wildman–Crippen LogP) is 4.58. The molecule has 4 heteroatoms. The third-order valence-electron chi connectivity index (χ3n) is 4.51. The summed E-state index contributed by atoms with van der Waals surface area (Å²) in [5, 5.41) is 3.41. The molecule has 3 atom stereocenters. The zero-order chi connectivity index (χ0) is 15.3. The van der Waals surface area contributed by atoms with Crippen LogP contribution >= 0.6 is 0 Å². The summed E-state index contributed by atoms with van der Waals surface area (Å²) in [4.78, 5) is 0. The van der Waals surface area contributed by atoms with E-state index in [9.17, 15) is 13.2 Å². The van der Waals surface area contributed by atoms with Crippen molar-refractivity contribution < 1.29 is 13.2 Å². The van der Waals surface area contributed by atoms with Gasteiger partial charge in [-0.3, -0.25) is 0 Å². The third kappa shape index (κ3) is 4.73. The molecule has 1 fully saturated rings. The van der Waals surface area contributed by atoms with Gasteiger partial charge in [-0.1, -0.05) is 43.7 Å². The molecule has 1 saturated carbocycles. The fourth-order valence-corrected chi connectivity index (χ4v) is 3.43. The fraction of sp³-hybridized carbons (Fsp3) is 0.647. The van der Waals surface area contributed by atoms with Crippen LogP contribution in [-0.4, -0.2) is 18.8 Å². The Morgan fingerprint density at radius 2 is 1.90 bits per heavy atom. The third-order valence-corrected chi connectivity index (χ3v) is 4.51.